The third-order valence-corrected chi connectivity index (χ3v) is 2.72. The molecule has 1 radical (unpaired) electrons. The lowest BCUT2D eigenvalue weighted by Crippen LogP contribution is -1.96. The lowest BCUT2D eigenvalue weighted by atomic mass is 10.0. The first-order valence-electron chi connectivity index (χ1n) is 3.80. The van der Waals surface area contributed by atoms with Crippen molar-refractivity contribution < 1.29 is 4.39 Å². The molecule has 2 heteroatoms. The highest BCUT2D eigenvalue weighted by atomic mass is 79.9. The summed E-state index contributed by atoms with van der Waals surface area (Å²) in [6.45, 7) is 3.44. The summed E-state index contributed by atoms with van der Waals surface area (Å²) in [5.74, 6) is 0.774. The van der Waals surface area contributed by atoms with Crippen LogP contribution in [-0.4, -0.2) is 6.67 Å². The molecular weight excluding hydrogens is 219 g/mol. The Labute approximate surface area is 80.9 Å². The van der Waals surface area contributed by atoms with E-state index in [0.29, 0.717) is 0 Å². The zero-order chi connectivity index (χ0) is 9.14. The third-order valence-electron chi connectivity index (χ3n) is 1.87. The minimum absolute atomic E-state index is 0.379. The minimum Gasteiger partial charge on any atom is -0.250 e. The van der Waals surface area contributed by atoms with Gasteiger partial charge in [0, 0.05) is 10.4 Å². The highest BCUT2D eigenvalue weighted by Crippen LogP contribution is 2.22. The van der Waals surface area contributed by atoms with Crippen molar-refractivity contribution >= 4 is 15.9 Å². The van der Waals surface area contributed by atoms with Crippen LogP contribution in [0.1, 0.15) is 18.1 Å². The normalized spacial score (nSPS) is 10.8. The fourth-order valence-corrected chi connectivity index (χ4v) is 1.31. The topological polar surface area (TPSA) is 0 Å². The van der Waals surface area contributed by atoms with Gasteiger partial charge in [-0.15, -0.1) is 0 Å². The first kappa shape index (κ1) is 9.72. The molecule has 0 heterocycles. The fourth-order valence-electron chi connectivity index (χ4n) is 0.935. The maximum absolute atomic E-state index is 12.3. The molecule has 0 aromatic heterocycles. The minimum atomic E-state index is -0.379. The van der Waals surface area contributed by atoms with Gasteiger partial charge in [-0.3, -0.25) is 4.39 Å². The Morgan fingerprint density at radius 3 is 2.67 bits per heavy atom. The van der Waals surface area contributed by atoms with Crippen molar-refractivity contribution in [1.29, 1.82) is 0 Å². The third kappa shape index (κ3) is 2.07. The standard InChI is InChI=1S/C10H11BrF/c1-7-3-4-9(5-10(7)11)8(2)6-12/h3-5H,6H2,1-2H3. The van der Waals surface area contributed by atoms with E-state index >= 15 is 0 Å². The van der Waals surface area contributed by atoms with Gasteiger partial charge in [-0.1, -0.05) is 35.0 Å². The maximum atomic E-state index is 12.3. The van der Waals surface area contributed by atoms with Crippen LogP contribution in [0.3, 0.4) is 0 Å². The van der Waals surface area contributed by atoms with E-state index < -0.39 is 0 Å². The summed E-state index contributed by atoms with van der Waals surface area (Å²) in [5, 5.41) is 0. The van der Waals surface area contributed by atoms with Crippen LogP contribution in [0.4, 0.5) is 4.39 Å². The Morgan fingerprint density at radius 2 is 2.17 bits per heavy atom. The molecule has 0 aliphatic rings. The molecule has 0 aliphatic heterocycles. The van der Waals surface area contributed by atoms with Crippen LogP contribution in [0.15, 0.2) is 22.7 Å². The van der Waals surface area contributed by atoms with Gasteiger partial charge in [-0.25, -0.2) is 0 Å². The Balaban J connectivity index is 2.96. The molecule has 0 bridgehead atoms. The molecule has 0 fully saturated rings. The first-order valence-corrected chi connectivity index (χ1v) is 4.59. The monoisotopic (exact) mass is 229 g/mol. The number of halogens is 2. The number of benzene rings is 1. The summed E-state index contributed by atoms with van der Waals surface area (Å²) in [7, 11) is 0. The molecule has 12 heavy (non-hydrogen) atoms. The molecule has 0 aliphatic carbocycles. The van der Waals surface area contributed by atoms with Crippen LogP contribution in [-0.2, 0) is 0 Å². The van der Waals surface area contributed by atoms with Crippen molar-refractivity contribution in [2.45, 2.75) is 13.8 Å². The van der Waals surface area contributed by atoms with Gasteiger partial charge >= 0.3 is 0 Å². The molecule has 0 unspecified atom stereocenters. The average molecular weight is 230 g/mol. The molecule has 0 saturated carbocycles. The number of aryl methyl sites for hydroxylation is 1. The quantitative estimate of drug-likeness (QED) is 0.727. The van der Waals surface area contributed by atoms with Crippen molar-refractivity contribution in [3.63, 3.8) is 0 Å². The van der Waals surface area contributed by atoms with Gasteiger partial charge in [0.2, 0.25) is 0 Å². The first-order chi connectivity index (χ1) is 5.65. The van der Waals surface area contributed by atoms with Gasteiger partial charge in [0.25, 0.3) is 0 Å². The predicted molar refractivity (Wildman–Crippen MR) is 52.9 cm³/mol. The Kier molecular flexibility index (Phi) is 3.27. The summed E-state index contributed by atoms with van der Waals surface area (Å²) in [6.07, 6.45) is 0. The van der Waals surface area contributed by atoms with Gasteiger partial charge in [0.15, 0.2) is 0 Å². The molecule has 0 atom stereocenters. The van der Waals surface area contributed by atoms with E-state index in [4.69, 9.17) is 0 Å². The largest absolute Gasteiger partial charge is 0.250 e. The number of hydrogen-bond donors (Lipinski definition) is 0. The van der Waals surface area contributed by atoms with Crippen LogP contribution >= 0.6 is 15.9 Å². The van der Waals surface area contributed by atoms with Crippen molar-refractivity contribution in [3.8, 4) is 0 Å². The number of hydrogen-bond acceptors (Lipinski definition) is 0. The number of rotatable bonds is 2. The second kappa shape index (κ2) is 4.04. The smallest absolute Gasteiger partial charge is 0.0997 e. The van der Waals surface area contributed by atoms with Gasteiger partial charge in [-0.2, -0.15) is 0 Å². The van der Waals surface area contributed by atoms with Gasteiger partial charge in [0.1, 0.15) is 0 Å². The molecular formula is C10H11BrF. The van der Waals surface area contributed by atoms with Gasteiger partial charge in [-0.05, 0) is 24.1 Å². The van der Waals surface area contributed by atoms with E-state index in [1.807, 2.05) is 25.1 Å². The van der Waals surface area contributed by atoms with Crippen LogP contribution in [0.2, 0.25) is 0 Å². The Bertz CT molecular complexity index is 271. The molecule has 1 aromatic rings. The van der Waals surface area contributed by atoms with Gasteiger partial charge in [0.05, 0.1) is 6.67 Å². The van der Waals surface area contributed by atoms with Crippen LogP contribution in [0, 0.1) is 12.8 Å². The van der Waals surface area contributed by atoms with E-state index in [-0.39, 0.29) is 6.67 Å². The van der Waals surface area contributed by atoms with E-state index in [2.05, 4.69) is 15.9 Å². The zero-order valence-corrected chi connectivity index (χ0v) is 8.78. The highest BCUT2D eigenvalue weighted by molar-refractivity contribution is 9.10. The van der Waals surface area contributed by atoms with E-state index in [1.54, 1.807) is 6.92 Å². The summed E-state index contributed by atoms with van der Waals surface area (Å²) in [5.41, 5.74) is 2.14. The summed E-state index contributed by atoms with van der Waals surface area (Å²) >= 11 is 3.41. The van der Waals surface area contributed by atoms with E-state index in [9.17, 15) is 4.39 Å². The molecule has 0 nitrogen and oxygen atoms in total. The highest BCUT2D eigenvalue weighted by Gasteiger charge is 2.06. The van der Waals surface area contributed by atoms with E-state index in [1.165, 1.54) is 5.56 Å². The SMILES string of the molecule is C[C](CF)c1ccc(C)c(Br)c1. The molecule has 0 N–H and O–H groups in total. The lowest BCUT2D eigenvalue weighted by Gasteiger charge is -2.07. The second-order valence-corrected chi connectivity index (χ2v) is 3.73. The lowest BCUT2D eigenvalue weighted by molar-refractivity contribution is 0.516. The maximum Gasteiger partial charge on any atom is 0.0997 e. The Hall–Kier alpha value is -0.370. The molecule has 0 amide bonds. The second-order valence-electron chi connectivity index (χ2n) is 2.88. The summed E-state index contributed by atoms with van der Waals surface area (Å²) in [6, 6.07) is 5.87. The van der Waals surface area contributed by atoms with Crippen LogP contribution in [0.25, 0.3) is 0 Å². The number of alkyl halides is 1. The zero-order valence-electron chi connectivity index (χ0n) is 7.20. The molecule has 0 spiro atoms. The van der Waals surface area contributed by atoms with E-state index in [0.717, 1.165) is 16.0 Å². The average Bonchev–Trinajstić information content (AvgIpc) is 2.08. The molecule has 65 valence electrons. The van der Waals surface area contributed by atoms with Gasteiger partial charge < -0.3 is 0 Å². The van der Waals surface area contributed by atoms with Crippen LogP contribution < -0.4 is 0 Å². The fraction of sp³-hybridized carbons (Fsp3) is 0.300. The van der Waals surface area contributed by atoms with Crippen molar-refractivity contribution in [2.24, 2.45) is 0 Å². The summed E-state index contributed by atoms with van der Waals surface area (Å²) < 4.78 is 13.3. The van der Waals surface area contributed by atoms with Crippen molar-refractivity contribution in [1.82, 2.24) is 0 Å². The van der Waals surface area contributed by atoms with Crippen LogP contribution in [0.5, 0.6) is 0 Å². The molecule has 1 rings (SSSR count). The molecule has 0 saturated heterocycles. The summed E-state index contributed by atoms with van der Waals surface area (Å²) in [4.78, 5) is 0. The van der Waals surface area contributed by atoms with Crippen molar-refractivity contribution in [2.75, 3.05) is 6.67 Å². The Morgan fingerprint density at radius 1 is 1.50 bits per heavy atom. The predicted octanol–water partition coefficient (Wildman–Crippen LogP) is 3.67. The molecule has 1 aromatic carbocycles. The van der Waals surface area contributed by atoms with Crippen molar-refractivity contribution in [3.05, 3.63) is 39.7 Å².